The Morgan fingerprint density at radius 1 is 0.971 bits per heavy atom. The minimum atomic E-state index is -0.184. The number of rotatable bonds is 6. The van der Waals surface area contributed by atoms with Gasteiger partial charge in [0.15, 0.2) is 0 Å². The van der Waals surface area contributed by atoms with Gasteiger partial charge in [0, 0.05) is 33.8 Å². The number of hydrogen-bond acceptors (Lipinski definition) is 2. The largest absolute Gasteiger partial charge is 0.367 e. The summed E-state index contributed by atoms with van der Waals surface area (Å²) in [5.74, 6) is -0.184. The van der Waals surface area contributed by atoms with Crippen LogP contribution >= 0.6 is 35.0 Å². The van der Waals surface area contributed by atoms with Crippen molar-refractivity contribution in [2.24, 2.45) is 0 Å². The van der Waals surface area contributed by atoms with E-state index in [4.69, 9.17) is 23.2 Å². The molecule has 0 amide bonds. The van der Waals surface area contributed by atoms with Gasteiger partial charge in [0.25, 0.3) is 0 Å². The molecule has 5 rings (SSSR count). The normalized spacial score (nSPS) is 20.2. The zero-order valence-corrected chi connectivity index (χ0v) is 21.4. The smallest absolute Gasteiger partial charge is 0.128 e. The van der Waals surface area contributed by atoms with Crippen LogP contribution in [0.4, 0.5) is 4.39 Å². The first-order chi connectivity index (χ1) is 16.5. The molecule has 3 aromatic carbocycles. The maximum atomic E-state index is 15.1. The molecule has 2 aliphatic rings. The number of benzene rings is 3. The van der Waals surface area contributed by atoms with Crippen molar-refractivity contribution in [2.75, 3.05) is 0 Å². The van der Waals surface area contributed by atoms with E-state index in [1.165, 1.54) is 29.7 Å². The molecule has 5 heteroatoms. The second-order valence-corrected chi connectivity index (χ2v) is 11.3. The molecule has 0 radical (unpaired) electrons. The first-order valence-corrected chi connectivity index (χ1v) is 13.6. The van der Waals surface area contributed by atoms with Crippen LogP contribution in [0.25, 0.3) is 11.1 Å². The van der Waals surface area contributed by atoms with Crippen LogP contribution in [0.2, 0.25) is 5.02 Å². The Balaban J connectivity index is 1.45. The second-order valence-electron chi connectivity index (χ2n) is 9.20. The number of fused-ring (bicyclic) bond motifs is 1. The maximum absolute atomic E-state index is 15.1. The van der Waals surface area contributed by atoms with E-state index >= 15 is 4.39 Å². The highest BCUT2D eigenvalue weighted by molar-refractivity contribution is 8.00. The first kappa shape index (κ1) is 23.8. The van der Waals surface area contributed by atoms with Crippen molar-refractivity contribution in [3.05, 3.63) is 101 Å². The third-order valence-electron chi connectivity index (χ3n) is 7.01. The van der Waals surface area contributed by atoms with E-state index in [0.717, 1.165) is 29.7 Å². The lowest BCUT2D eigenvalue weighted by molar-refractivity contribution is 0.187. The molecule has 1 saturated carbocycles. The van der Waals surface area contributed by atoms with Crippen molar-refractivity contribution in [2.45, 2.75) is 60.2 Å². The van der Waals surface area contributed by atoms with E-state index in [1.54, 1.807) is 17.8 Å². The molecule has 3 aromatic rings. The highest BCUT2D eigenvalue weighted by Gasteiger charge is 2.37. The average Bonchev–Trinajstić information content (AvgIpc) is 3.21. The van der Waals surface area contributed by atoms with Crippen molar-refractivity contribution < 1.29 is 4.39 Å². The minimum Gasteiger partial charge on any atom is -0.367 e. The van der Waals surface area contributed by atoms with Gasteiger partial charge in [-0.15, -0.1) is 23.4 Å². The molecule has 0 N–H and O–H groups in total. The predicted octanol–water partition coefficient (Wildman–Crippen LogP) is 9.25. The van der Waals surface area contributed by atoms with Crippen molar-refractivity contribution in [1.29, 1.82) is 0 Å². The summed E-state index contributed by atoms with van der Waals surface area (Å²) in [5.41, 5.74) is 4.87. The number of alkyl halides is 1. The summed E-state index contributed by atoms with van der Waals surface area (Å²) >= 11 is 14.8. The van der Waals surface area contributed by atoms with E-state index in [-0.39, 0.29) is 16.4 Å². The van der Waals surface area contributed by atoms with Crippen molar-refractivity contribution in [3.63, 3.8) is 0 Å². The summed E-state index contributed by atoms with van der Waals surface area (Å²) in [6.45, 7) is 5.04. The predicted molar refractivity (Wildman–Crippen MR) is 143 cm³/mol. The van der Waals surface area contributed by atoms with Crippen LogP contribution in [0, 0.1) is 5.82 Å². The molecular formula is C29H28Cl2FNS. The number of thioether (sulfide) groups is 1. The molecule has 2 unspecified atom stereocenters. The summed E-state index contributed by atoms with van der Waals surface area (Å²) in [6, 6.07) is 21.7. The van der Waals surface area contributed by atoms with Gasteiger partial charge in [0.2, 0.25) is 0 Å². The molecule has 34 heavy (non-hydrogen) atoms. The second kappa shape index (κ2) is 10.4. The van der Waals surface area contributed by atoms with Gasteiger partial charge in [0.1, 0.15) is 5.82 Å². The van der Waals surface area contributed by atoms with Gasteiger partial charge in [-0.3, -0.25) is 0 Å². The number of hydrogen-bond donors (Lipinski definition) is 0. The zero-order valence-electron chi connectivity index (χ0n) is 19.0. The number of halogens is 3. The van der Waals surface area contributed by atoms with Gasteiger partial charge in [-0.05, 0) is 59.9 Å². The standard InChI is InChI=1S/C29H28Cl2FNS/c1-19(29-28(31)25-9-5-6-10-27(25)34-29)33(24-7-3-2-4-8-24)18-22-17-21(13-16-26(22)32)20-11-14-23(30)15-12-20/h5-6,9-17,24,28-29H,1-4,7-8,18H2. The fraction of sp³-hybridized carbons (Fsp3) is 0.310. The maximum Gasteiger partial charge on any atom is 0.128 e. The van der Waals surface area contributed by atoms with Crippen molar-refractivity contribution in [3.8, 4) is 11.1 Å². The molecule has 0 aromatic heterocycles. The Hall–Kier alpha value is -1.94. The van der Waals surface area contributed by atoms with Crippen LogP contribution < -0.4 is 0 Å². The summed E-state index contributed by atoms with van der Waals surface area (Å²) in [6.07, 6.45) is 5.87. The molecule has 0 spiro atoms. The molecule has 176 valence electrons. The molecule has 2 atom stereocenters. The number of nitrogens with zero attached hydrogens (tertiary/aromatic N) is 1. The Morgan fingerprint density at radius 3 is 2.41 bits per heavy atom. The Labute approximate surface area is 216 Å². The lowest BCUT2D eigenvalue weighted by Crippen LogP contribution is -2.38. The van der Waals surface area contributed by atoms with E-state index in [1.807, 2.05) is 42.5 Å². The van der Waals surface area contributed by atoms with E-state index < -0.39 is 0 Å². The first-order valence-electron chi connectivity index (χ1n) is 11.9. The monoisotopic (exact) mass is 511 g/mol. The van der Waals surface area contributed by atoms with Gasteiger partial charge in [0.05, 0.1) is 10.6 Å². The Bertz CT molecular complexity index is 1170. The van der Waals surface area contributed by atoms with Crippen molar-refractivity contribution >= 4 is 35.0 Å². The lowest BCUT2D eigenvalue weighted by Gasteiger charge is -2.40. The lowest BCUT2D eigenvalue weighted by atomic mass is 9.92. The Morgan fingerprint density at radius 2 is 1.68 bits per heavy atom. The fourth-order valence-electron chi connectivity index (χ4n) is 5.13. The third kappa shape index (κ3) is 4.89. The van der Waals surface area contributed by atoms with Crippen LogP contribution in [-0.4, -0.2) is 16.2 Å². The highest BCUT2D eigenvalue weighted by atomic mass is 35.5. The summed E-state index contributed by atoms with van der Waals surface area (Å²) in [5, 5.41) is 0.602. The minimum absolute atomic E-state index is 0.0449. The fourth-order valence-corrected chi connectivity index (χ4v) is 7.11. The van der Waals surface area contributed by atoms with Crippen LogP contribution in [0.3, 0.4) is 0 Å². The van der Waals surface area contributed by atoms with E-state index in [2.05, 4.69) is 29.7 Å². The molecule has 0 bridgehead atoms. The molecule has 0 saturated heterocycles. The highest BCUT2D eigenvalue weighted by Crippen LogP contribution is 2.51. The quantitative estimate of drug-likeness (QED) is 0.303. The Kier molecular flexibility index (Phi) is 7.24. The SMILES string of the molecule is C=C(C1Sc2ccccc2C1Cl)N(Cc1cc(-c2ccc(Cl)cc2)ccc1F)C1CCCCC1. The molecule has 1 aliphatic heterocycles. The van der Waals surface area contributed by atoms with Crippen molar-refractivity contribution in [1.82, 2.24) is 4.90 Å². The topological polar surface area (TPSA) is 3.24 Å². The molecule has 1 heterocycles. The van der Waals surface area contributed by atoms with E-state index in [9.17, 15) is 0 Å². The molecule has 1 nitrogen and oxygen atoms in total. The van der Waals surface area contributed by atoms with Gasteiger partial charge < -0.3 is 4.90 Å². The van der Waals surface area contributed by atoms with Crippen LogP contribution in [0.5, 0.6) is 0 Å². The van der Waals surface area contributed by atoms with Crippen LogP contribution in [0.15, 0.2) is 83.9 Å². The van der Waals surface area contributed by atoms with Crippen LogP contribution in [0.1, 0.15) is 48.6 Å². The third-order valence-corrected chi connectivity index (χ3v) is 9.32. The average molecular weight is 513 g/mol. The van der Waals surface area contributed by atoms with Gasteiger partial charge in [-0.1, -0.05) is 73.8 Å². The molecular weight excluding hydrogens is 484 g/mol. The molecule has 1 fully saturated rings. The van der Waals surface area contributed by atoms with Crippen LogP contribution in [-0.2, 0) is 6.54 Å². The van der Waals surface area contributed by atoms with Gasteiger partial charge >= 0.3 is 0 Å². The zero-order chi connectivity index (χ0) is 23.7. The summed E-state index contributed by atoms with van der Waals surface area (Å²) < 4.78 is 15.1. The molecule has 1 aliphatic carbocycles. The van der Waals surface area contributed by atoms with Gasteiger partial charge in [-0.2, -0.15) is 0 Å². The summed E-state index contributed by atoms with van der Waals surface area (Å²) in [4.78, 5) is 3.57. The summed E-state index contributed by atoms with van der Waals surface area (Å²) in [7, 11) is 0. The van der Waals surface area contributed by atoms with Gasteiger partial charge in [-0.25, -0.2) is 4.39 Å². The van der Waals surface area contributed by atoms with E-state index in [0.29, 0.717) is 23.2 Å².